The molecule has 0 radical (unpaired) electrons. The zero-order chi connectivity index (χ0) is 11.8. The Morgan fingerprint density at radius 3 is 3.24 bits per heavy atom. The number of piperazine rings is 1. The number of anilines is 1. The Morgan fingerprint density at radius 1 is 1.47 bits per heavy atom. The number of rotatable bonds is 0. The third-order valence-electron chi connectivity index (χ3n) is 3.84. The highest BCUT2D eigenvalue weighted by Gasteiger charge is 2.29. The van der Waals surface area contributed by atoms with Gasteiger partial charge in [0.2, 0.25) is 0 Å². The molecule has 2 aliphatic rings. The lowest BCUT2D eigenvalue weighted by molar-refractivity contribution is 0.302. The van der Waals surface area contributed by atoms with Gasteiger partial charge in [-0.05, 0) is 25.0 Å². The molecule has 1 fully saturated rings. The average molecular weight is 233 g/mol. The minimum Gasteiger partial charge on any atom is -0.489 e. The molecule has 1 N–H and O–H groups in total. The second kappa shape index (κ2) is 4.18. The number of aryl methyl sites for hydroxylation is 1. The van der Waals surface area contributed by atoms with Crippen LogP contribution in [-0.4, -0.2) is 37.3 Å². The van der Waals surface area contributed by atoms with Crippen molar-refractivity contribution in [2.45, 2.75) is 26.3 Å². The van der Waals surface area contributed by atoms with Gasteiger partial charge in [-0.2, -0.15) is 0 Å². The summed E-state index contributed by atoms with van der Waals surface area (Å²) < 4.78 is 5.92. The van der Waals surface area contributed by atoms with E-state index in [9.17, 15) is 0 Å². The van der Waals surface area contributed by atoms with Crippen molar-refractivity contribution < 1.29 is 4.74 Å². The number of hydrogen-bond donors (Lipinski definition) is 1. The number of fused-ring (bicyclic) bond motifs is 3. The topological polar surface area (TPSA) is 37.4 Å². The van der Waals surface area contributed by atoms with Crippen LogP contribution < -0.4 is 15.0 Å². The highest BCUT2D eigenvalue weighted by atomic mass is 16.5. The summed E-state index contributed by atoms with van der Waals surface area (Å²) in [4.78, 5) is 7.01. The normalized spacial score (nSPS) is 23.4. The van der Waals surface area contributed by atoms with Gasteiger partial charge in [-0.1, -0.05) is 0 Å². The fourth-order valence-electron chi connectivity index (χ4n) is 2.63. The van der Waals surface area contributed by atoms with E-state index in [1.165, 1.54) is 11.1 Å². The van der Waals surface area contributed by atoms with Crippen LogP contribution in [0.15, 0.2) is 6.20 Å². The van der Waals surface area contributed by atoms with Gasteiger partial charge in [-0.3, -0.25) is 0 Å². The molecule has 1 atom stereocenters. The summed E-state index contributed by atoms with van der Waals surface area (Å²) in [5.74, 6) is 2.03. The fourth-order valence-corrected chi connectivity index (χ4v) is 2.63. The summed E-state index contributed by atoms with van der Waals surface area (Å²) in [5, 5.41) is 3.44. The van der Waals surface area contributed by atoms with E-state index in [1.807, 2.05) is 6.20 Å². The molecule has 92 valence electrons. The fraction of sp³-hybridized carbons (Fsp3) is 0.615. The molecule has 1 saturated heterocycles. The van der Waals surface area contributed by atoms with E-state index >= 15 is 0 Å². The van der Waals surface area contributed by atoms with Gasteiger partial charge < -0.3 is 15.0 Å². The van der Waals surface area contributed by atoms with Gasteiger partial charge >= 0.3 is 0 Å². The van der Waals surface area contributed by atoms with E-state index in [0.717, 1.165) is 44.2 Å². The van der Waals surface area contributed by atoms with Crippen LogP contribution >= 0.6 is 0 Å². The molecule has 0 amide bonds. The second-order valence-electron chi connectivity index (χ2n) is 4.91. The SMILES string of the molecule is Cc1cnc2c(c1C)OCC[C@@H]1CNCCN21. The van der Waals surface area contributed by atoms with Gasteiger partial charge in [0.25, 0.3) is 0 Å². The highest BCUT2D eigenvalue weighted by molar-refractivity contribution is 5.59. The van der Waals surface area contributed by atoms with Gasteiger partial charge in [0.1, 0.15) is 0 Å². The van der Waals surface area contributed by atoms with Crippen LogP contribution in [0.1, 0.15) is 17.5 Å². The number of nitrogens with zero attached hydrogens (tertiary/aromatic N) is 2. The Balaban J connectivity index is 2.06. The maximum atomic E-state index is 5.92. The molecule has 2 aliphatic heterocycles. The van der Waals surface area contributed by atoms with E-state index < -0.39 is 0 Å². The predicted octanol–water partition coefficient (Wildman–Crippen LogP) is 1.26. The third kappa shape index (κ3) is 1.76. The van der Waals surface area contributed by atoms with Crippen molar-refractivity contribution in [3.8, 4) is 5.75 Å². The summed E-state index contributed by atoms with van der Waals surface area (Å²) in [6.07, 6.45) is 3.03. The third-order valence-corrected chi connectivity index (χ3v) is 3.84. The first-order valence-electron chi connectivity index (χ1n) is 6.33. The van der Waals surface area contributed by atoms with Gasteiger partial charge in [-0.15, -0.1) is 0 Å². The Labute approximate surface area is 102 Å². The van der Waals surface area contributed by atoms with Crippen molar-refractivity contribution >= 4 is 5.82 Å². The number of pyridine rings is 1. The van der Waals surface area contributed by atoms with Crippen LogP contribution in [0.25, 0.3) is 0 Å². The summed E-state index contributed by atoms with van der Waals surface area (Å²) in [6.45, 7) is 8.10. The van der Waals surface area contributed by atoms with Crippen LogP contribution in [0.5, 0.6) is 5.75 Å². The maximum Gasteiger partial charge on any atom is 0.172 e. The maximum absolute atomic E-state index is 5.92. The molecule has 3 rings (SSSR count). The van der Waals surface area contributed by atoms with E-state index in [4.69, 9.17) is 4.74 Å². The largest absolute Gasteiger partial charge is 0.489 e. The first kappa shape index (κ1) is 10.8. The van der Waals surface area contributed by atoms with E-state index in [1.54, 1.807) is 0 Å². The predicted molar refractivity (Wildman–Crippen MR) is 67.8 cm³/mol. The smallest absolute Gasteiger partial charge is 0.172 e. The lowest BCUT2D eigenvalue weighted by atomic mass is 10.1. The van der Waals surface area contributed by atoms with Gasteiger partial charge in [0.15, 0.2) is 11.6 Å². The van der Waals surface area contributed by atoms with Crippen molar-refractivity contribution in [3.63, 3.8) is 0 Å². The van der Waals surface area contributed by atoms with Crippen molar-refractivity contribution in [3.05, 3.63) is 17.3 Å². The monoisotopic (exact) mass is 233 g/mol. The highest BCUT2D eigenvalue weighted by Crippen LogP contribution is 2.35. The van der Waals surface area contributed by atoms with Crippen molar-refractivity contribution in [2.24, 2.45) is 0 Å². The van der Waals surface area contributed by atoms with Crippen LogP contribution in [-0.2, 0) is 0 Å². The molecule has 4 heteroatoms. The Kier molecular flexibility index (Phi) is 2.67. The van der Waals surface area contributed by atoms with Crippen molar-refractivity contribution in [2.75, 3.05) is 31.1 Å². The molecule has 0 spiro atoms. The van der Waals surface area contributed by atoms with Crippen molar-refractivity contribution in [1.82, 2.24) is 10.3 Å². The zero-order valence-electron chi connectivity index (χ0n) is 10.5. The molecule has 0 unspecified atom stereocenters. The standard InChI is InChI=1S/C13H19N3O/c1-9-7-15-13-12(10(9)2)17-6-3-11-8-14-4-5-16(11)13/h7,11,14H,3-6,8H2,1-2H3/t11-/m1/s1. The lowest BCUT2D eigenvalue weighted by Gasteiger charge is -2.35. The first-order chi connectivity index (χ1) is 8.27. The number of nitrogens with one attached hydrogen (secondary N) is 1. The Morgan fingerprint density at radius 2 is 2.35 bits per heavy atom. The minimum atomic E-state index is 0.527. The molecule has 3 heterocycles. The van der Waals surface area contributed by atoms with Gasteiger partial charge in [-0.25, -0.2) is 4.98 Å². The summed E-state index contributed by atoms with van der Waals surface area (Å²) >= 11 is 0. The molecule has 17 heavy (non-hydrogen) atoms. The van der Waals surface area contributed by atoms with Crippen LogP contribution in [0.4, 0.5) is 5.82 Å². The molecule has 0 aromatic carbocycles. The minimum absolute atomic E-state index is 0.527. The quantitative estimate of drug-likeness (QED) is 0.732. The van der Waals surface area contributed by atoms with E-state index in [0.29, 0.717) is 6.04 Å². The van der Waals surface area contributed by atoms with Crippen LogP contribution in [0.2, 0.25) is 0 Å². The zero-order valence-corrected chi connectivity index (χ0v) is 10.5. The van der Waals surface area contributed by atoms with Crippen LogP contribution in [0, 0.1) is 13.8 Å². The molecule has 1 aromatic heterocycles. The van der Waals surface area contributed by atoms with Crippen LogP contribution in [0.3, 0.4) is 0 Å². The average Bonchev–Trinajstić information content (AvgIpc) is 2.54. The molecule has 0 bridgehead atoms. The first-order valence-corrected chi connectivity index (χ1v) is 6.33. The molecule has 4 nitrogen and oxygen atoms in total. The summed E-state index contributed by atoms with van der Waals surface area (Å²) in [5.41, 5.74) is 2.44. The van der Waals surface area contributed by atoms with E-state index in [2.05, 4.69) is 29.0 Å². The summed E-state index contributed by atoms with van der Waals surface area (Å²) in [6, 6.07) is 0.527. The molecule has 0 aliphatic carbocycles. The number of ether oxygens (including phenoxy) is 1. The summed E-state index contributed by atoms with van der Waals surface area (Å²) in [7, 11) is 0. The lowest BCUT2D eigenvalue weighted by Crippen LogP contribution is -2.51. The molecular formula is C13H19N3O. The van der Waals surface area contributed by atoms with E-state index in [-0.39, 0.29) is 0 Å². The Bertz CT molecular complexity index is 433. The second-order valence-corrected chi connectivity index (χ2v) is 4.91. The van der Waals surface area contributed by atoms with Crippen molar-refractivity contribution in [1.29, 1.82) is 0 Å². The van der Waals surface area contributed by atoms with Gasteiger partial charge in [0, 0.05) is 38.3 Å². The molecular weight excluding hydrogens is 214 g/mol. The number of aromatic nitrogens is 1. The Hall–Kier alpha value is -1.29. The molecule has 0 saturated carbocycles. The molecule has 1 aromatic rings. The van der Waals surface area contributed by atoms with Gasteiger partial charge in [0.05, 0.1) is 6.61 Å². The number of hydrogen-bond acceptors (Lipinski definition) is 4.